The van der Waals surface area contributed by atoms with Crippen LogP contribution in [0.5, 0.6) is 0 Å². The molecule has 1 aromatic carbocycles. The van der Waals surface area contributed by atoms with Crippen LogP contribution in [0.4, 0.5) is 11.4 Å². The zero-order valence-electron chi connectivity index (χ0n) is 12.5. The van der Waals surface area contributed by atoms with Crippen LogP contribution in [0.25, 0.3) is 0 Å². The standard InChI is InChI=1S/C15H23N3O2/c1-5-15(4,9-16)14(20)18-12-6-7-13(10(2)8-12)17-11(3)19/h6-8H,5,9,16H2,1-4H3,(H,17,19)(H,18,20). The molecule has 0 saturated heterocycles. The van der Waals surface area contributed by atoms with Crippen LogP contribution in [0.2, 0.25) is 0 Å². The second-order valence-electron chi connectivity index (χ2n) is 5.28. The summed E-state index contributed by atoms with van der Waals surface area (Å²) in [4.78, 5) is 23.3. The number of hydrogen-bond donors (Lipinski definition) is 3. The van der Waals surface area contributed by atoms with Crippen LogP contribution in [-0.4, -0.2) is 18.4 Å². The SMILES string of the molecule is CCC(C)(CN)C(=O)Nc1ccc(NC(C)=O)c(C)c1. The molecule has 0 heterocycles. The summed E-state index contributed by atoms with van der Waals surface area (Å²) in [5.74, 6) is -0.208. The van der Waals surface area contributed by atoms with Gasteiger partial charge in [0.2, 0.25) is 11.8 Å². The molecule has 1 rings (SSSR count). The van der Waals surface area contributed by atoms with E-state index in [-0.39, 0.29) is 11.8 Å². The highest BCUT2D eigenvalue weighted by atomic mass is 16.2. The maximum absolute atomic E-state index is 12.2. The minimum absolute atomic E-state index is 0.0887. The van der Waals surface area contributed by atoms with E-state index in [1.807, 2.05) is 26.8 Å². The molecule has 20 heavy (non-hydrogen) atoms. The van der Waals surface area contributed by atoms with Crippen LogP contribution in [-0.2, 0) is 9.59 Å². The summed E-state index contributed by atoms with van der Waals surface area (Å²) < 4.78 is 0. The normalized spacial score (nSPS) is 13.4. The molecule has 110 valence electrons. The molecule has 0 aliphatic heterocycles. The first-order chi connectivity index (χ1) is 9.32. The Bertz CT molecular complexity index is 508. The highest BCUT2D eigenvalue weighted by molar-refractivity contribution is 5.96. The van der Waals surface area contributed by atoms with Gasteiger partial charge in [-0.3, -0.25) is 9.59 Å². The predicted molar refractivity (Wildman–Crippen MR) is 81.6 cm³/mol. The van der Waals surface area contributed by atoms with Gasteiger partial charge in [-0.15, -0.1) is 0 Å². The van der Waals surface area contributed by atoms with Gasteiger partial charge in [-0.25, -0.2) is 0 Å². The second kappa shape index (κ2) is 6.52. The van der Waals surface area contributed by atoms with E-state index >= 15 is 0 Å². The molecule has 5 nitrogen and oxygen atoms in total. The van der Waals surface area contributed by atoms with Gasteiger partial charge in [0.1, 0.15) is 0 Å². The number of aryl methyl sites for hydroxylation is 1. The lowest BCUT2D eigenvalue weighted by atomic mass is 9.86. The van der Waals surface area contributed by atoms with Gasteiger partial charge in [-0.1, -0.05) is 6.92 Å². The Morgan fingerprint density at radius 3 is 2.40 bits per heavy atom. The third-order valence-electron chi connectivity index (χ3n) is 3.57. The quantitative estimate of drug-likeness (QED) is 0.772. The summed E-state index contributed by atoms with van der Waals surface area (Å²) in [6, 6.07) is 5.37. The van der Waals surface area contributed by atoms with Crippen LogP contribution in [0.15, 0.2) is 18.2 Å². The number of hydrogen-bond acceptors (Lipinski definition) is 3. The van der Waals surface area contributed by atoms with Crippen LogP contribution >= 0.6 is 0 Å². The molecule has 0 bridgehead atoms. The molecule has 0 radical (unpaired) electrons. The molecule has 5 heteroatoms. The van der Waals surface area contributed by atoms with Crippen LogP contribution < -0.4 is 16.4 Å². The van der Waals surface area contributed by atoms with Crippen molar-refractivity contribution in [2.45, 2.75) is 34.1 Å². The first-order valence-electron chi connectivity index (χ1n) is 6.72. The smallest absolute Gasteiger partial charge is 0.231 e. The van der Waals surface area contributed by atoms with Crippen molar-refractivity contribution in [3.8, 4) is 0 Å². The van der Waals surface area contributed by atoms with Gasteiger partial charge in [0.25, 0.3) is 0 Å². The van der Waals surface area contributed by atoms with E-state index in [0.29, 0.717) is 18.7 Å². The summed E-state index contributed by atoms with van der Waals surface area (Å²) in [7, 11) is 0. The Hall–Kier alpha value is -1.88. The van der Waals surface area contributed by atoms with Crippen molar-refractivity contribution in [1.29, 1.82) is 0 Å². The van der Waals surface area contributed by atoms with E-state index in [0.717, 1.165) is 11.3 Å². The van der Waals surface area contributed by atoms with Gasteiger partial charge in [0.15, 0.2) is 0 Å². The topological polar surface area (TPSA) is 84.2 Å². The lowest BCUT2D eigenvalue weighted by Gasteiger charge is -2.25. The van der Waals surface area contributed by atoms with Gasteiger partial charge in [0.05, 0.1) is 5.41 Å². The predicted octanol–water partition coefficient (Wildman–Crippen LogP) is 2.27. The first kappa shape index (κ1) is 16.2. The van der Waals surface area contributed by atoms with Gasteiger partial charge >= 0.3 is 0 Å². The lowest BCUT2D eigenvalue weighted by molar-refractivity contribution is -0.124. The molecular weight excluding hydrogens is 254 g/mol. The maximum Gasteiger partial charge on any atom is 0.231 e. The molecular formula is C15H23N3O2. The zero-order valence-corrected chi connectivity index (χ0v) is 12.5. The molecule has 1 aromatic rings. The monoisotopic (exact) mass is 277 g/mol. The molecule has 0 spiro atoms. The summed E-state index contributed by atoms with van der Waals surface area (Å²) in [5.41, 5.74) is 7.45. The first-order valence-corrected chi connectivity index (χ1v) is 6.72. The third-order valence-corrected chi connectivity index (χ3v) is 3.57. The molecule has 2 amide bonds. The number of nitrogens with two attached hydrogens (primary N) is 1. The van der Waals surface area contributed by atoms with Crippen molar-refractivity contribution < 1.29 is 9.59 Å². The van der Waals surface area contributed by atoms with Crippen LogP contribution in [0, 0.1) is 12.3 Å². The van der Waals surface area contributed by atoms with E-state index in [4.69, 9.17) is 5.73 Å². The molecule has 0 aliphatic rings. The molecule has 0 aliphatic carbocycles. The van der Waals surface area contributed by atoms with Crippen molar-refractivity contribution in [1.82, 2.24) is 0 Å². The third kappa shape index (κ3) is 3.81. The van der Waals surface area contributed by atoms with Gasteiger partial charge in [-0.2, -0.15) is 0 Å². The molecule has 0 saturated carbocycles. The maximum atomic E-state index is 12.2. The minimum Gasteiger partial charge on any atom is -0.329 e. The number of nitrogens with one attached hydrogen (secondary N) is 2. The Morgan fingerprint density at radius 1 is 1.30 bits per heavy atom. The molecule has 0 fully saturated rings. The van der Waals surface area contributed by atoms with E-state index in [9.17, 15) is 9.59 Å². The van der Waals surface area contributed by atoms with Gasteiger partial charge in [-0.05, 0) is 44.0 Å². The number of rotatable bonds is 5. The largest absolute Gasteiger partial charge is 0.329 e. The van der Waals surface area contributed by atoms with Crippen molar-refractivity contribution in [3.05, 3.63) is 23.8 Å². The number of amides is 2. The Kier molecular flexibility index (Phi) is 5.27. The van der Waals surface area contributed by atoms with Gasteiger partial charge < -0.3 is 16.4 Å². The Morgan fingerprint density at radius 2 is 1.95 bits per heavy atom. The fourth-order valence-electron chi connectivity index (χ4n) is 1.75. The number of anilines is 2. The van der Waals surface area contributed by atoms with E-state index in [1.165, 1.54) is 6.92 Å². The fourth-order valence-corrected chi connectivity index (χ4v) is 1.75. The summed E-state index contributed by atoms with van der Waals surface area (Å²) in [6.45, 7) is 7.43. The summed E-state index contributed by atoms with van der Waals surface area (Å²) in [6.07, 6.45) is 0.679. The van der Waals surface area contributed by atoms with Crippen LogP contribution in [0.3, 0.4) is 0 Å². The lowest BCUT2D eigenvalue weighted by Crippen LogP contribution is -2.39. The Balaban J connectivity index is 2.87. The second-order valence-corrected chi connectivity index (χ2v) is 5.28. The van der Waals surface area contributed by atoms with E-state index < -0.39 is 5.41 Å². The van der Waals surface area contributed by atoms with E-state index in [2.05, 4.69) is 10.6 Å². The zero-order chi connectivity index (χ0) is 15.3. The molecule has 1 atom stereocenters. The Labute approximate surface area is 119 Å². The number of carbonyl (C=O) groups excluding carboxylic acids is 2. The van der Waals surface area contributed by atoms with E-state index in [1.54, 1.807) is 12.1 Å². The van der Waals surface area contributed by atoms with Crippen molar-refractivity contribution in [2.24, 2.45) is 11.1 Å². The van der Waals surface area contributed by atoms with Crippen molar-refractivity contribution in [3.63, 3.8) is 0 Å². The summed E-state index contributed by atoms with van der Waals surface area (Å²) in [5, 5.41) is 5.61. The highest BCUT2D eigenvalue weighted by Crippen LogP contribution is 2.24. The highest BCUT2D eigenvalue weighted by Gasteiger charge is 2.29. The summed E-state index contributed by atoms with van der Waals surface area (Å²) >= 11 is 0. The van der Waals surface area contributed by atoms with Crippen molar-refractivity contribution in [2.75, 3.05) is 17.2 Å². The van der Waals surface area contributed by atoms with Crippen molar-refractivity contribution >= 4 is 23.2 Å². The molecule has 0 aromatic heterocycles. The molecule has 1 unspecified atom stereocenters. The minimum atomic E-state index is -0.565. The molecule has 4 N–H and O–H groups in total. The number of carbonyl (C=O) groups is 2. The average Bonchev–Trinajstić information content (AvgIpc) is 2.40. The number of benzene rings is 1. The van der Waals surface area contributed by atoms with Gasteiger partial charge in [0, 0.05) is 24.8 Å². The van der Waals surface area contributed by atoms with Crippen LogP contribution in [0.1, 0.15) is 32.8 Å². The average molecular weight is 277 g/mol. The fraction of sp³-hybridized carbons (Fsp3) is 0.467.